The number of ether oxygens (including phenoxy) is 2. The summed E-state index contributed by atoms with van der Waals surface area (Å²) in [6.45, 7) is 0.193. The fraction of sp³-hybridized carbons (Fsp3) is 0.120. The monoisotopic (exact) mass is 579 g/mol. The Labute approximate surface area is 227 Å². The number of imide groups is 1. The molecule has 3 aromatic rings. The van der Waals surface area contributed by atoms with Crippen LogP contribution in [-0.4, -0.2) is 44.7 Å². The summed E-state index contributed by atoms with van der Waals surface area (Å²) < 4.78 is 41.3. The summed E-state index contributed by atoms with van der Waals surface area (Å²) >= 11 is 12.5. The lowest BCUT2D eigenvalue weighted by Gasteiger charge is -2.13. The molecule has 1 fully saturated rings. The van der Waals surface area contributed by atoms with E-state index in [1.807, 2.05) is 0 Å². The van der Waals surface area contributed by atoms with Gasteiger partial charge in [-0.05, 0) is 84.1 Å². The van der Waals surface area contributed by atoms with Gasteiger partial charge in [-0.2, -0.15) is 8.42 Å². The Morgan fingerprint density at radius 3 is 2.22 bits per heavy atom. The van der Waals surface area contributed by atoms with E-state index in [0.717, 1.165) is 16.7 Å². The van der Waals surface area contributed by atoms with Crippen LogP contribution in [0, 0.1) is 0 Å². The van der Waals surface area contributed by atoms with E-state index in [1.54, 1.807) is 30.3 Å². The molecule has 1 aliphatic rings. The van der Waals surface area contributed by atoms with Crippen LogP contribution in [0.4, 0.5) is 4.79 Å². The average Bonchev–Trinajstić information content (AvgIpc) is 3.13. The molecule has 0 aromatic heterocycles. The van der Waals surface area contributed by atoms with Crippen molar-refractivity contribution in [2.24, 2.45) is 0 Å². The Bertz CT molecular complexity index is 1460. The van der Waals surface area contributed by atoms with E-state index in [1.165, 1.54) is 49.6 Å². The number of carbonyl (C=O) groups is 2. The Hall–Kier alpha value is -3.18. The largest absolute Gasteiger partial charge is 0.493 e. The van der Waals surface area contributed by atoms with Crippen LogP contribution < -0.4 is 13.7 Å². The predicted octanol–water partition coefficient (Wildman–Crippen LogP) is 5.89. The van der Waals surface area contributed by atoms with E-state index in [2.05, 4.69) is 0 Å². The van der Waals surface area contributed by atoms with E-state index in [4.69, 9.17) is 36.9 Å². The fourth-order valence-electron chi connectivity index (χ4n) is 3.24. The second-order valence-electron chi connectivity index (χ2n) is 7.54. The van der Waals surface area contributed by atoms with Crippen molar-refractivity contribution in [1.82, 2.24) is 4.90 Å². The predicted molar refractivity (Wildman–Crippen MR) is 142 cm³/mol. The molecule has 1 saturated heterocycles. The molecule has 0 spiro atoms. The SMILES string of the molecule is COc1cc(/C=C2\SC(=O)N(CCOc3ccc(Cl)cc3)C2=O)ccc1OS(=O)(=O)c1ccc(Cl)cc1. The zero-order valence-electron chi connectivity index (χ0n) is 19.2. The lowest BCUT2D eigenvalue weighted by molar-refractivity contribution is -0.123. The summed E-state index contributed by atoms with van der Waals surface area (Å²) in [5, 5.41) is 0.541. The van der Waals surface area contributed by atoms with Gasteiger partial charge in [0, 0.05) is 10.0 Å². The maximum Gasteiger partial charge on any atom is 0.339 e. The number of halogens is 2. The van der Waals surface area contributed by atoms with E-state index >= 15 is 0 Å². The van der Waals surface area contributed by atoms with Gasteiger partial charge in [0.15, 0.2) is 11.5 Å². The molecule has 4 rings (SSSR count). The number of methoxy groups -OCH3 is 1. The van der Waals surface area contributed by atoms with E-state index < -0.39 is 21.3 Å². The van der Waals surface area contributed by atoms with Crippen molar-refractivity contribution in [2.75, 3.05) is 20.3 Å². The number of benzene rings is 3. The molecule has 0 bridgehead atoms. The van der Waals surface area contributed by atoms with Gasteiger partial charge in [-0.3, -0.25) is 14.5 Å². The topological polar surface area (TPSA) is 99.2 Å². The van der Waals surface area contributed by atoms with Crippen LogP contribution in [0.1, 0.15) is 5.56 Å². The smallest absolute Gasteiger partial charge is 0.339 e. The molecular weight excluding hydrogens is 561 g/mol. The number of hydrogen-bond acceptors (Lipinski definition) is 8. The van der Waals surface area contributed by atoms with Crippen LogP contribution in [0.5, 0.6) is 17.2 Å². The highest BCUT2D eigenvalue weighted by molar-refractivity contribution is 8.18. The third kappa shape index (κ3) is 6.58. The van der Waals surface area contributed by atoms with Crippen molar-refractivity contribution in [3.05, 3.63) is 87.2 Å². The van der Waals surface area contributed by atoms with Crippen LogP contribution in [0.2, 0.25) is 10.0 Å². The number of amides is 2. The quantitative estimate of drug-likeness (QED) is 0.229. The zero-order chi connectivity index (χ0) is 26.6. The normalized spacial score (nSPS) is 14.8. The van der Waals surface area contributed by atoms with Crippen LogP contribution in [0.25, 0.3) is 6.08 Å². The molecule has 0 radical (unpaired) electrons. The van der Waals surface area contributed by atoms with Crippen molar-refractivity contribution < 1.29 is 31.7 Å². The van der Waals surface area contributed by atoms with Gasteiger partial charge < -0.3 is 13.7 Å². The van der Waals surface area contributed by atoms with E-state index in [-0.39, 0.29) is 34.5 Å². The molecule has 12 heteroatoms. The standard InChI is InChI=1S/C25H19Cl2NO7S2/c1-33-22-14-16(2-11-21(22)35-37(31,32)20-9-5-18(27)6-10-20)15-23-24(29)28(25(30)36-23)12-13-34-19-7-3-17(26)4-8-19/h2-11,14-15H,12-13H2,1H3/b23-15-. The fourth-order valence-corrected chi connectivity index (χ4v) is 5.30. The van der Waals surface area contributed by atoms with Gasteiger partial charge in [0.25, 0.3) is 11.1 Å². The van der Waals surface area contributed by atoms with E-state index in [9.17, 15) is 18.0 Å². The first kappa shape index (κ1) is 26.9. The minimum Gasteiger partial charge on any atom is -0.493 e. The van der Waals surface area contributed by atoms with Gasteiger partial charge in [0.1, 0.15) is 17.3 Å². The summed E-state index contributed by atoms with van der Waals surface area (Å²) in [6, 6.07) is 16.7. The molecule has 0 N–H and O–H groups in total. The molecule has 1 aliphatic heterocycles. The van der Waals surface area contributed by atoms with Crippen molar-refractivity contribution in [3.63, 3.8) is 0 Å². The second-order valence-corrected chi connectivity index (χ2v) is 10.9. The summed E-state index contributed by atoms with van der Waals surface area (Å²) in [7, 11) is -2.78. The molecular formula is C25H19Cl2NO7S2. The lowest BCUT2D eigenvalue weighted by atomic mass is 10.2. The number of hydrogen-bond donors (Lipinski definition) is 0. The van der Waals surface area contributed by atoms with Crippen molar-refractivity contribution >= 4 is 62.3 Å². The van der Waals surface area contributed by atoms with Crippen molar-refractivity contribution in [1.29, 1.82) is 0 Å². The Morgan fingerprint density at radius 2 is 1.57 bits per heavy atom. The minimum atomic E-state index is -4.13. The van der Waals surface area contributed by atoms with Crippen LogP contribution in [-0.2, 0) is 14.9 Å². The Morgan fingerprint density at radius 1 is 0.919 bits per heavy atom. The first-order chi connectivity index (χ1) is 17.7. The molecule has 8 nitrogen and oxygen atoms in total. The van der Waals surface area contributed by atoms with Crippen LogP contribution in [0.15, 0.2) is 76.5 Å². The van der Waals surface area contributed by atoms with Crippen LogP contribution >= 0.6 is 35.0 Å². The molecule has 37 heavy (non-hydrogen) atoms. The molecule has 192 valence electrons. The lowest BCUT2D eigenvalue weighted by Crippen LogP contribution is -2.32. The highest BCUT2D eigenvalue weighted by atomic mass is 35.5. The van der Waals surface area contributed by atoms with Crippen molar-refractivity contribution in [2.45, 2.75) is 4.90 Å². The first-order valence-corrected chi connectivity index (χ1v) is 13.7. The molecule has 0 unspecified atom stereocenters. The van der Waals surface area contributed by atoms with Gasteiger partial charge in [-0.25, -0.2) is 0 Å². The number of carbonyl (C=O) groups excluding carboxylic acids is 2. The molecule has 1 heterocycles. The highest BCUT2D eigenvalue weighted by Crippen LogP contribution is 2.35. The van der Waals surface area contributed by atoms with Gasteiger partial charge in [-0.1, -0.05) is 29.3 Å². The second kappa shape index (κ2) is 11.5. The molecule has 0 saturated carbocycles. The maximum absolute atomic E-state index is 12.8. The zero-order valence-corrected chi connectivity index (χ0v) is 22.4. The number of thioether (sulfide) groups is 1. The maximum atomic E-state index is 12.8. The summed E-state index contributed by atoms with van der Waals surface area (Å²) in [5.41, 5.74) is 0.510. The molecule has 0 atom stereocenters. The van der Waals surface area contributed by atoms with Crippen molar-refractivity contribution in [3.8, 4) is 17.2 Å². The third-order valence-corrected chi connectivity index (χ3v) is 7.72. The first-order valence-electron chi connectivity index (χ1n) is 10.7. The molecule has 0 aliphatic carbocycles. The van der Waals surface area contributed by atoms with E-state index in [0.29, 0.717) is 21.4 Å². The summed E-state index contributed by atoms with van der Waals surface area (Å²) in [4.78, 5) is 26.4. The minimum absolute atomic E-state index is 0.0398. The van der Waals surface area contributed by atoms with Gasteiger partial charge >= 0.3 is 10.1 Å². The average molecular weight is 580 g/mol. The van der Waals surface area contributed by atoms with Gasteiger partial charge in [0.05, 0.1) is 18.6 Å². The Kier molecular flexibility index (Phi) is 8.33. The number of rotatable bonds is 9. The molecule has 2 amide bonds. The molecule has 3 aromatic carbocycles. The number of nitrogens with zero attached hydrogens (tertiary/aromatic N) is 1. The summed E-state index contributed by atoms with van der Waals surface area (Å²) in [5.74, 6) is 0.197. The van der Waals surface area contributed by atoms with Crippen LogP contribution in [0.3, 0.4) is 0 Å². The van der Waals surface area contributed by atoms with Gasteiger partial charge in [0.2, 0.25) is 0 Å². The highest BCUT2D eigenvalue weighted by Gasteiger charge is 2.35. The summed E-state index contributed by atoms with van der Waals surface area (Å²) in [6.07, 6.45) is 1.52. The van der Waals surface area contributed by atoms with Gasteiger partial charge in [-0.15, -0.1) is 0 Å². The Balaban J connectivity index is 1.45. The third-order valence-electron chi connectivity index (χ3n) is 5.06.